The number of pyridine rings is 1. The van der Waals surface area contributed by atoms with Gasteiger partial charge in [-0.3, -0.25) is 0 Å². The summed E-state index contributed by atoms with van der Waals surface area (Å²) in [5.41, 5.74) is 8.37. The van der Waals surface area contributed by atoms with Gasteiger partial charge in [0.2, 0.25) is 5.89 Å². The van der Waals surface area contributed by atoms with Crippen molar-refractivity contribution in [2.75, 3.05) is 5.32 Å². The van der Waals surface area contributed by atoms with E-state index in [1.54, 1.807) is 6.92 Å². The molecular weight excluding hydrogens is 262 g/mol. The maximum absolute atomic E-state index is 5.74. The molecule has 0 aliphatic carbocycles. The standard InChI is InChI=1S/C12H15N5OS/c1-6-4-7(2)15-12(10(6)11(13)19)14-5-9-16-8(3)17-18-9/h4H,5H2,1-3H3,(H2,13,19)(H,14,15). The lowest BCUT2D eigenvalue weighted by Crippen LogP contribution is -2.16. The third kappa shape index (κ3) is 3.05. The van der Waals surface area contributed by atoms with Gasteiger partial charge in [-0.1, -0.05) is 17.4 Å². The smallest absolute Gasteiger partial charge is 0.245 e. The van der Waals surface area contributed by atoms with E-state index in [4.69, 9.17) is 22.5 Å². The zero-order valence-electron chi connectivity index (χ0n) is 11.0. The first-order valence-corrected chi connectivity index (χ1v) is 6.19. The highest BCUT2D eigenvalue weighted by molar-refractivity contribution is 7.80. The quantitative estimate of drug-likeness (QED) is 0.821. The zero-order valence-corrected chi connectivity index (χ0v) is 11.8. The van der Waals surface area contributed by atoms with E-state index >= 15 is 0 Å². The van der Waals surface area contributed by atoms with Gasteiger partial charge in [0.05, 0.1) is 12.1 Å². The van der Waals surface area contributed by atoms with E-state index in [0.29, 0.717) is 29.1 Å². The van der Waals surface area contributed by atoms with E-state index in [1.807, 2.05) is 19.9 Å². The summed E-state index contributed by atoms with van der Waals surface area (Å²) < 4.78 is 5.03. The number of rotatable bonds is 4. The van der Waals surface area contributed by atoms with Gasteiger partial charge >= 0.3 is 0 Å². The van der Waals surface area contributed by atoms with Gasteiger partial charge in [0.15, 0.2) is 5.82 Å². The van der Waals surface area contributed by atoms with Crippen LogP contribution in [0.15, 0.2) is 10.6 Å². The average Bonchev–Trinajstić information content (AvgIpc) is 2.71. The molecule has 2 rings (SSSR count). The predicted octanol–water partition coefficient (Wildman–Crippen LogP) is 1.64. The first-order valence-electron chi connectivity index (χ1n) is 5.78. The van der Waals surface area contributed by atoms with E-state index < -0.39 is 0 Å². The molecule has 6 nitrogen and oxygen atoms in total. The number of thiocarbonyl (C=S) groups is 1. The Hall–Kier alpha value is -2.02. The number of nitrogens with one attached hydrogen (secondary N) is 1. The summed E-state index contributed by atoms with van der Waals surface area (Å²) in [6, 6.07) is 1.94. The van der Waals surface area contributed by atoms with E-state index in [1.165, 1.54) is 0 Å². The van der Waals surface area contributed by atoms with Crippen LogP contribution in [0.2, 0.25) is 0 Å². The molecule has 0 spiro atoms. The minimum absolute atomic E-state index is 0.314. The fourth-order valence-electron chi connectivity index (χ4n) is 1.85. The third-order valence-corrected chi connectivity index (χ3v) is 2.77. The van der Waals surface area contributed by atoms with E-state index in [-0.39, 0.29) is 0 Å². The molecule has 19 heavy (non-hydrogen) atoms. The monoisotopic (exact) mass is 277 g/mol. The van der Waals surface area contributed by atoms with Gasteiger partial charge in [0, 0.05) is 5.69 Å². The van der Waals surface area contributed by atoms with Crippen LogP contribution >= 0.6 is 12.2 Å². The SMILES string of the molecule is Cc1cc(C)c(C(N)=S)c(NCc2nc(C)no2)n1. The number of aryl methyl sites for hydroxylation is 3. The number of hydrogen-bond donors (Lipinski definition) is 2. The second kappa shape index (κ2) is 5.31. The third-order valence-electron chi connectivity index (χ3n) is 2.57. The predicted molar refractivity (Wildman–Crippen MR) is 76.0 cm³/mol. The van der Waals surface area contributed by atoms with Crippen molar-refractivity contribution in [2.24, 2.45) is 5.73 Å². The molecule has 0 aliphatic rings. The minimum Gasteiger partial charge on any atom is -0.389 e. The van der Waals surface area contributed by atoms with Gasteiger partial charge in [-0.15, -0.1) is 0 Å². The molecule has 0 radical (unpaired) electrons. The molecule has 100 valence electrons. The van der Waals surface area contributed by atoms with Crippen LogP contribution in [0.25, 0.3) is 0 Å². The first kappa shape index (κ1) is 13.4. The van der Waals surface area contributed by atoms with Gasteiger partial charge in [0.25, 0.3) is 0 Å². The summed E-state index contributed by atoms with van der Waals surface area (Å²) in [4.78, 5) is 8.84. The number of hydrogen-bond acceptors (Lipinski definition) is 6. The summed E-state index contributed by atoms with van der Waals surface area (Å²) >= 11 is 5.06. The first-order chi connectivity index (χ1) is 8.97. The van der Waals surface area contributed by atoms with E-state index in [9.17, 15) is 0 Å². The molecule has 3 N–H and O–H groups in total. The molecule has 0 fully saturated rings. The second-order valence-corrected chi connectivity index (χ2v) is 4.70. The lowest BCUT2D eigenvalue weighted by atomic mass is 10.1. The maximum Gasteiger partial charge on any atom is 0.245 e. The molecular formula is C12H15N5OS. The topological polar surface area (TPSA) is 89.9 Å². The van der Waals surface area contributed by atoms with Gasteiger partial charge < -0.3 is 15.6 Å². The lowest BCUT2D eigenvalue weighted by molar-refractivity contribution is 0.379. The molecule has 2 aromatic rings. The van der Waals surface area contributed by atoms with Crippen LogP contribution < -0.4 is 11.1 Å². The van der Waals surface area contributed by atoms with Gasteiger partial charge in [0.1, 0.15) is 10.8 Å². The molecule has 0 atom stereocenters. The molecule has 2 heterocycles. The normalized spacial score (nSPS) is 10.5. The summed E-state index contributed by atoms with van der Waals surface area (Å²) in [6.07, 6.45) is 0. The minimum atomic E-state index is 0.314. The molecule has 0 aromatic carbocycles. The molecule has 0 amide bonds. The summed E-state index contributed by atoms with van der Waals surface area (Å²) in [7, 11) is 0. The lowest BCUT2D eigenvalue weighted by Gasteiger charge is -2.12. The molecule has 0 saturated heterocycles. The van der Waals surface area contributed by atoms with Crippen LogP contribution in [0.1, 0.15) is 28.5 Å². The molecule has 7 heteroatoms. The number of aromatic nitrogens is 3. The summed E-state index contributed by atoms with van der Waals surface area (Å²) in [5, 5.41) is 6.86. The van der Waals surface area contributed by atoms with Crippen molar-refractivity contribution in [1.29, 1.82) is 0 Å². The zero-order chi connectivity index (χ0) is 14.0. The second-order valence-electron chi connectivity index (χ2n) is 4.26. The van der Waals surface area contributed by atoms with E-state index in [0.717, 1.165) is 16.8 Å². The fourth-order valence-corrected chi connectivity index (χ4v) is 2.10. The summed E-state index contributed by atoms with van der Waals surface area (Å²) in [5.74, 6) is 1.73. The Morgan fingerprint density at radius 3 is 2.68 bits per heavy atom. The van der Waals surface area contributed by atoms with Crippen LogP contribution in [0.3, 0.4) is 0 Å². The number of anilines is 1. The molecule has 0 saturated carbocycles. The van der Waals surface area contributed by atoms with Crippen molar-refractivity contribution in [1.82, 2.24) is 15.1 Å². The molecule has 0 unspecified atom stereocenters. The van der Waals surface area contributed by atoms with Crippen LogP contribution in [-0.2, 0) is 6.54 Å². The highest BCUT2D eigenvalue weighted by Gasteiger charge is 2.12. The van der Waals surface area contributed by atoms with Gasteiger partial charge in [-0.25, -0.2) is 4.98 Å². The Bertz CT molecular complexity index is 623. The molecule has 0 aliphatic heterocycles. The van der Waals surface area contributed by atoms with Gasteiger partial charge in [-0.2, -0.15) is 4.98 Å². The molecule has 0 bridgehead atoms. The average molecular weight is 277 g/mol. The van der Waals surface area contributed by atoms with Crippen LogP contribution in [0.4, 0.5) is 5.82 Å². The number of nitrogens with two attached hydrogens (primary N) is 1. The fraction of sp³-hybridized carbons (Fsp3) is 0.333. The van der Waals surface area contributed by atoms with Crippen LogP contribution in [0, 0.1) is 20.8 Å². The number of nitrogens with zero attached hydrogens (tertiary/aromatic N) is 3. The van der Waals surface area contributed by atoms with Crippen molar-refractivity contribution < 1.29 is 4.52 Å². The Labute approximate surface area is 116 Å². The van der Waals surface area contributed by atoms with Crippen molar-refractivity contribution in [3.63, 3.8) is 0 Å². The highest BCUT2D eigenvalue weighted by Crippen LogP contribution is 2.19. The Balaban J connectivity index is 2.26. The van der Waals surface area contributed by atoms with Crippen LogP contribution in [0.5, 0.6) is 0 Å². The van der Waals surface area contributed by atoms with Gasteiger partial charge in [-0.05, 0) is 32.4 Å². The Kier molecular flexibility index (Phi) is 3.75. The Morgan fingerprint density at radius 1 is 1.37 bits per heavy atom. The van der Waals surface area contributed by atoms with Crippen molar-refractivity contribution in [3.8, 4) is 0 Å². The highest BCUT2D eigenvalue weighted by atomic mass is 32.1. The van der Waals surface area contributed by atoms with Crippen molar-refractivity contribution in [3.05, 3.63) is 34.6 Å². The van der Waals surface area contributed by atoms with Crippen molar-refractivity contribution in [2.45, 2.75) is 27.3 Å². The summed E-state index contributed by atoms with van der Waals surface area (Å²) in [6.45, 7) is 6.01. The molecule has 2 aromatic heterocycles. The van der Waals surface area contributed by atoms with E-state index in [2.05, 4.69) is 20.4 Å². The largest absolute Gasteiger partial charge is 0.389 e. The van der Waals surface area contributed by atoms with Crippen LogP contribution in [-0.4, -0.2) is 20.1 Å². The van der Waals surface area contributed by atoms with Crippen molar-refractivity contribution >= 4 is 23.0 Å². The Morgan fingerprint density at radius 2 is 2.11 bits per heavy atom. The maximum atomic E-state index is 5.74.